The summed E-state index contributed by atoms with van der Waals surface area (Å²) in [6.07, 6.45) is 1.25. The molecule has 16 heavy (non-hydrogen) atoms. The molecular formula is C13H20N2O. The Kier molecular flexibility index (Phi) is 4.50. The maximum Gasteiger partial charge on any atom is 0.134 e. The van der Waals surface area contributed by atoms with Gasteiger partial charge < -0.3 is 10.0 Å². The fourth-order valence-electron chi connectivity index (χ4n) is 1.66. The van der Waals surface area contributed by atoms with Crippen LogP contribution in [0, 0.1) is 0 Å². The van der Waals surface area contributed by atoms with Crippen LogP contribution in [0.15, 0.2) is 30.5 Å². The van der Waals surface area contributed by atoms with Crippen molar-refractivity contribution in [1.29, 1.82) is 0 Å². The van der Waals surface area contributed by atoms with E-state index in [1.807, 2.05) is 19.1 Å². The van der Waals surface area contributed by atoms with Gasteiger partial charge in [-0.05, 0) is 26.8 Å². The molecule has 0 spiro atoms. The van der Waals surface area contributed by atoms with Gasteiger partial charge >= 0.3 is 0 Å². The van der Waals surface area contributed by atoms with Crippen LogP contribution in [-0.4, -0.2) is 23.2 Å². The lowest BCUT2D eigenvalue weighted by Crippen LogP contribution is -2.26. The number of rotatable bonds is 5. The Morgan fingerprint density at radius 1 is 1.62 bits per heavy atom. The molecule has 0 saturated heterocycles. The molecule has 0 amide bonds. The first-order valence-corrected chi connectivity index (χ1v) is 5.58. The van der Waals surface area contributed by atoms with Crippen molar-refractivity contribution in [3.8, 4) is 0 Å². The first-order chi connectivity index (χ1) is 7.56. The first-order valence-electron chi connectivity index (χ1n) is 5.58. The van der Waals surface area contributed by atoms with Gasteiger partial charge in [-0.25, -0.2) is 4.98 Å². The van der Waals surface area contributed by atoms with Crippen molar-refractivity contribution in [1.82, 2.24) is 4.98 Å². The van der Waals surface area contributed by atoms with Gasteiger partial charge in [0.1, 0.15) is 5.82 Å². The maximum atomic E-state index is 9.69. The lowest BCUT2D eigenvalue weighted by atomic mass is 10.1. The largest absolute Gasteiger partial charge is 0.389 e. The second-order valence-corrected chi connectivity index (χ2v) is 4.06. The lowest BCUT2D eigenvalue weighted by Gasteiger charge is -2.25. The van der Waals surface area contributed by atoms with E-state index >= 15 is 0 Å². The quantitative estimate of drug-likeness (QED) is 0.775. The third kappa shape index (κ3) is 3.07. The molecule has 0 aliphatic rings. The zero-order valence-electron chi connectivity index (χ0n) is 10.3. The Morgan fingerprint density at radius 2 is 2.31 bits per heavy atom. The fraction of sp³-hybridized carbons (Fsp3) is 0.462. The lowest BCUT2D eigenvalue weighted by molar-refractivity contribution is 0.199. The normalized spacial score (nSPS) is 12.2. The van der Waals surface area contributed by atoms with Crippen molar-refractivity contribution in [3.63, 3.8) is 0 Å². The minimum Gasteiger partial charge on any atom is -0.389 e. The van der Waals surface area contributed by atoms with E-state index in [1.54, 1.807) is 13.1 Å². The van der Waals surface area contributed by atoms with Crippen molar-refractivity contribution < 1.29 is 5.11 Å². The van der Waals surface area contributed by atoms with Crippen LogP contribution in [0.25, 0.3) is 0 Å². The second kappa shape index (κ2) is 5.66. The van der Waals surface area contributed by atoms with Crippen LogP contribution >= 0.6 is 0 Å². The van der Waals surface area contributed by atoms with Crippen LogP contribution in [0.3, 0.4) is 0 Å². The van der Waals surface area contributed by atoms with Gasteiger partial charge in [0.2, 0.25) is 0 Å². The van der Waals surface area contributed by atoms with Gasteiger partial charge in [-0.1, -0.05) is 18.2 Å². The second-order valence-electron chi connectivity index (χ2n) is 4.06. The number of aliphatic hydroxyl groups excluding tert-OH is 1. The molecule has 1 aromatic heterocycles. The van der Waals surface area contributed by atoms with Crippen LogP contribution in [0.2, 0.25) is 0 Å². The summed E-state index contributed by atoms with van der Waals surface area (Å²) >= 11 is 0. The standard InChI is InChI=1S/C13H20N2O/c1-5-15(9-10(2)3)13-12(11(4)16)7-6-8-14-13/h6-8,11,16H,2,5,9H2,1,3-4H3/t11-/m0/s1. The monoisotopic (exact) mass is 220 g/mol. The summed E-state index contributed by atoms with van der Waals surface area (Å²) in [4.78, 5) is 6.46. The highest BCUT2D eigenvalue weighted by atomic mass is 16.3. The van der Waals surface area contributed by atoms with Gasteiger partial charge in [-0.15, -0.1) is 0 Å². The zero-order valence-corrected chi connectivity index (χ0v) is 10.3. The van der Waals surface area contributed by atoms with Crippen LogP contribution < -0.4 is 4.90 Å². The predicted octanol–water partition coefficient (Wildman–Crippen LogP) is 2.54. The van der Waals surface area contributed by atoms with E-state index in [2.05, 4.69) is 23.4 Å². The molecule has 0 aliphatic heterocycles. The van der Waals surface area contributed by atoms with Crippen LogP contribution in [0.1, 0.15) is 32.4 Å². The summed E-state index contributed by atoms with van der Waals surface area (Å²) in [5, 5.41) is 9.69. The Hall–Kier alpha value is -1.35. The molecule has 3 nitrogen and oxygen atoms in total. The van der Waals surface area contributed by atoms with Crippen molar-refractivity contribution in [3.05, 3.63) is 36.0 Å². The molecule has 0 aromatic carbocycles. The van der Waals surface area contributed by atoms with Crippen molar-refractivity contribution in [2.45, 2.75) is 26.9 Å². The minimum absolute atomic E-state index is 0.497. The molecule has 0 fully saturated rings. The Balaban J connectivity index is 3.03. The van der Waals surface area contributed by atoms with Gasteiger partial charge in [-0.2, -0.15) is 0 Å². The Morgan fingerprint density at radius 3 is 2.81 bits per heavy atom. The molecule has 1 aromatic rings. The smallest absolute Gasteiger partial charge is 0.134 e. The molecule has 88 valence electrons. The first kappa shape index (κ1) is 12.7. The molecule has 0 unspecified atom stereocenters. The highest BCUT2D eigenvalue weighted by Crippen LogP contribution is 2.23. The van der Waals surface area contributed by atoms with Gasteiger partial charge in [0.05, 0.1) is 6.10 Å². The van der Waals surface area contributed by atoms with Crippen LogP contribution in [0.4, 0.5) is 5.82 Å². The Bertz CT molecular complexity index is 361. The SMILES string of the molecule is C=C(C)CN(CC)c1ncccc1[C@H](C)O. The molecule has 1 rings (SSSR count). The molecule has 1 atom stereocenters. The topological polar surface area (TPSA) is 36.4 Å². The third-order valence-electron chi connectivity index (χ3n) is 2.41. The van der Waals surface area contributed by atoms with Gasteiger partial charge in [0.15, 0.2) is 0 Å². The van der Waals surface area contributed by atoms with E-state index in [-0.39, 0.29) is 0 Å². The summed E-state index contributed by atoms with van der Waals surface area (Å²) < 4.78 is 0. The number of aliphatic hydroxyl groups is 1. The average molecular weight is 220 g/mol. The summed E-state index contributed by atoms with van der Waals surface area (Å²) in [5.41, 5.74) is 1.95. The number of pyridine rings is 1. The molecule has 0 bridgehead atoms. The van der Waals surface area contributed by atoms with E-state index < -0.39 is 6.10 Å². The summed E-state index contributed by atoms with van der Waals surface area (Å²) in [6.45, 7) is 11.4. The molecule has 1 N–H and O–H groups in total. The molecule has 3 heteroatoms. The molecule has 0 aliphatic carbocycles. The fourth-order valence-corrected chi connectivity index (χ4v) is 1.66. The van der Waals surface area contributed by atoms with Gasteiger partial charge in [0.25, 0.3) is 0 Å². The molecule has 1 heterocycles. The molecule has 0 radical (unpaired) electrons. The van der Waals surface area contributed by atoms with E-state index in [1.165, 1.54) is 0 Å². The summed E-state index contributed by atoms with van der Waals surface area (Å²) in [5.74, 6) is 0.850. The third-order valence-corrected chi connectivity index (χ3v) is 2.41. The van der Waals surface area contributed by atoms with Crippen LogP contribution in [-0.2, 0) is 0 Å². The van der Waals surface area contributed by atoms with Gasteiger partial charge in [0, 0.05) is 24.8 Å². The highest BCUT2D eigenvalue weighted by Gasteiger charge is 2.13. The number of aromatic nitrogens is 1. The van der Waals surface area contributed by atoms with Crippen LogP contribution in [0.5, 0.6) is 0 Å². The van der Waals surface area contributed by atoms with Gasteiger partial charge in [-0.3, -0.25) is 0 Å². The predicted molar refractivity (Wildman–Crippen MR) is 67.6 cm³/mol. The number of hydrogen-bond donors (Lipinski definition) is 1. The maximum absolute atomic E-state index is 9.69. The zero-order chi connectivity index (χ0) is 12.1. The van der Waals surface area contributed by atoms with E-state index in [0.717, 1.165) is 30.0 Å². The highest BCUT2D eigenvalue weighted by molar-refractivity contribution is 5.48. The summed E-state index contributed by atoms with van der Waals surface area (Å²) in [7, 11) is 0. The number of anilines is 1. The number of hydrogen-bond acceptors (Lipinski definition) is 3. The molecular weight excluding hydrogens is 200 g/mol. The van der Waals surface area contributed by atoms with Crippen molar-refractivity contribution in [2.24, 2.45) is 0 Å². The van der Waals surface area contributed by atoms with Crippen molar-refractivity contribution >= 4 is 5.82 Å². The van der Waals surface area contributed by atoms with Crippen molar-refractivity contribution in [2.75, 3.05) is 18.0 Å². The minimum atomic E-state index is -0.497. The molecule has 0 saturated carbocycles. The number of likely N-dealkylation sites (N-methyl/N-ethyl adjacent to an activating group) is 1. The van der Waals surface area contributed by atoms with E-state index in [9.17, 15) is 5.11 Å². The van der Waals surface area contributed by atoms with E-state index in [4.69, 9.17) is 0 Å². The summed E-state index contributed by atoms with van der Waals surface area (Å²) in [6, 6.07) is 3.76. The Labute approximate surface area is 97.4 Å². The number of nitrogens with zero attached hydrogens (tertiary/aromatic N) is 2. The van der Waals surface area contributed by atoms with E-state index in [0.29, 0.717) is 0 Å². The average Bonchev–Trinajstić information content (AvgIpc) is 2.25.